The molecule has 3 aromatic rings. The van der Waals surface area contributed by atoms with E-state index in [9.17, 15) is 9.59 Å². The van der Waals surface area contributed by atoms with Crippen molar-refractivity contribution in [1.82, 2.24) is 4.98 Å². The summed E-state index contributed by atoms with van der Waals surface area (Å²) in [5, 5.41) is 11.7. The summed E-state index contributed by atoms with van der Waals surface area (Å²) in [4.78, 5) is 27.5. The number of benzene rings is 2. The molecule has 6 nitrogen and oxygen atoms in total. The van der Waals surface area contributed by atoms with Crippen LogP contribution in [0.5, 0.6) is 5.88 Å². The number of aromatic nitrogens is 1. The minimum Gasteiger partial charge on any atom is -0.478 e. The number of rotatable bonds is 6. The number of hydrogen-bond acceptors (Lipinski definition) is 4. The number of aromatic carboxylic acids is 1. The van der Waals surface area contributed by atoms with E-state index in [1.165, 1.54) is 17.7 Å². The summed E-state index contributed by atoms with van der Waals surface area (Å²) < 4.78 is 5.41. The molecule has 2 N–H and O–H groups in total. The van der Waals surface area contributed by atoms with Gasteiger partial charge in [-0.15, -0.1) is 0 Å². The lowest BCUT2D eigenvalue weighted by Crippen LogP contribution is -2.21. The molecule has 0 unspecified atom stereocenters. The summed E-state index contributed by atoms with van der Waals surface area (Å²) in [6.07, 6.45) is 1.70. The van der Waals surface area contributed by atoms with E-state index in [1.807, 2.05) is 19.9 Å². The van der Waals surface area contributed by atoms with Gasteiger partial charge in [0.15, 0.2) is 6.61 Å². The fourth-order valence-corrected chi connectivity index (χ4v) is 2.78. The van der Waals surface area contributed by atoms with E-state index in [2.05, 4.69) is 28.5 Å². The second-order valence-electron chi connectivity index (χ2n) is 6.39. The molecule has 0 radical (unpaired) electrons. The van der Waals surface area contributed by atoms with Crippen LogP contribution in [0.1, 0.15) is 21.5 Å². The fourth-order valence-electron chi connectivity index (χ4n) is 2.78. The van der Waals surface area contributed by atoms with Gasteiger partial charge >= 0.3 is 5.97 Å². The quantitative estimate of drug-likeness (QED) is 0.677. The minimum absolute atomic E-state index is 0.0202. The van der Waals surface area contributed by atoms with Crippen molar-refractivity contribution >= 4 is 17.6 Å². The summed E-state index contributed by atoms with van der Waals surface area (Å²) >= 11 is 0. The molecule has 3 rings (SSSR count). The lowest BCUT2D eigenvalue weighted by Gasteiger charge is -2.10. The number of nitrogens with one attached hydrogen (secondary N) is 1. The van der Waals surface area contributed by atoms with Crippen LogP contribution in [-0.4, -0.2) is 28.6 Å². The molecule has 0 aliphatic carbocycles. The highest BCUT2D eigenvalue weighted by Gasteiger charge is 2.12. The van der Waals surface area contributed by atoms with Crippen LogP contribution in [0.15, 0.2) is 60.8 Å². The van der Waals surface area contributed by atoms with E-state index in [0.717, 1.165) is 16.7 Å². The number of carbonyl (C=O) groups excluding carboxylic acids is 1. The largest absolute Gasteiger partial charge is 0.478 e. The van der Waals surface area contributed by atoms with Crippen molar-refractivity contribution < 1.29 is 19.4 Å². The number of hydrogen-bond donors (Lipinski definition) is 2. The van der Waals surface area contributed by atoms with Crippen LogP contribution in [-0.2, 0) is 4.79 Å². The highest BCUT2D eigenvalue weighted by atomic mass is 16.5. The Hall–Kier alpha value is -3.67. The van der Waals surface area contributed by atoms with Crippen molar-refractivity contribution in [2.24, 2.45) is 0 Å². The second kappa shape index (κ2) is 8.35. The molecule has 1 amide bonds. The average Bonchev–Trinajstić information content (AvgIpc) is 2.69. The molecular weight excluding hydrogens is 356 g/mol. The van der Waals surface area contributed by atoms with Crippen LogP contribution in [0.2, 0.25) is 0 Å². The zero-order chi connectivity index (χ0) is 20.1. The number of anilines is 1. The predicted molar refractivity (Wildman–Crippen MR) is 107 cm³/mol. The molecule has 2 aromatic carbocycles. The lowest BCUT2D eigenvalue weighted by molar-refractivity contribution is -0.118. The van der Waals surface area contributed by atoms with Gasteiger partial charge in [0, 0.05) is 17.8 Å². The summed E-state index contributed by atoms with van der Waals surface area (Å²) in [6, 6.07) is 16.0. The Kier molecular flexibility index (Phi) is 5.69. The molecule has 0 fully saturated rings. The average molecular weight is 376 g/mol. The number of ether oxygens (including phenoxy) is 1. The SMILES string of the molecule is Cc1ccc(C)c(-c2ccc(OCC(=O)Nc3ccccc3C(=O)O)nc2)c1. The van der Waals surface area contributed by atoms with Crippen molar-refractivity contribution in [3.05, 3.63) is 77.5 Å². The Morgan fingerprint density at radius 2 is 1.86 bits per heavy atom. The van der Waals surface area contributed by atoms with Crippen molar-refractivity contribution in [3.63, 3.8) is 0 Å². The van der Waals surface area contributed by atoms with Crippen LogP contribution in [0.3, 0.4) is 0 Å². The Labute approximate surface area is 162 Å². The third-order valence-corrected chi connectivity index (χ3v) is 4.22. The normalized spacial score (nSPS) is 10.4. The van der Waals surface area contributed by atoms with Gasteiger partial charge < -0.3 is 15.2 Å². The van der Waals surface area contributed by atoms with E-state index in [1.54, 1.807) is 24.4 Å². The summed E-state index contributed by atoms with van der Waals surface area (Å²) in [5.41, 5.74) is 4.63. The molecule has 142 valence electrons. The molecular formula is C22H20N2O4. The van der Waals surface area contributed by atoms with Crippen LogP contribution in [0.25, 0.3) is 11.1 Å². The van der Waals surface area contributed by atoms with Gasteiger partial charge in [-0.1, -0.05) is 35.9 Å². The fraction of sp³-hybridized carbons (Fsp3) is 0.136. The zero-order valence-corrected chi connectivity index (χ0v) is 15.6. The first-order valence-corrected chi connectivity index (χ1v) is 8.72. The van der Waals surface area contributed by atoms with Gasteiger partial charge in [-0.05, 0) is 43.2 Å². The first-order chi connectivity index (χ1) is 13.4. The highest BCUT2D eigenvalue weighted by molar-refractivity contribution is 6.00. The van der Waals surface area contributed by atoms with Crippen molar-refractivity contribution in [2.75, 3.05) is 11.9 Å². The number of para-hydroxylation sites is 1. The maximum atomic E-state index is 12.1. The van der Waals surface area contributed by atoms with E-state index in [-0.39, 0.29) is 17.9 Å². The summed E-state index contributed by atoms with van der Waals surface area (Å²) in [6.45, 7) is 3.80. The Morgan fingerprint density at radius 1 is 1.07 bits per heavy atom. The van der Waals surface area contributed by atoms with Gasteiger partial charge in [0.2, 0.25) is 5.88 Å². The zero-order valence-electron chi connectivity index (χ0n) is 15.6. The van der Waals surface area contributed by atoms with Gasteiger partial charge in [0.05, 0.1) is 11.3 Å². The monoisotopic (exact) mass is 376 g/mol. The van der Waals surface area contributed by atoms with Crippen molar-refractivity contribution in [2.45, 2.75) is 13.8 Å². The standard InChI is InChI=1S/C22H20N2O4/c1-14-7-8-15(2)18(11-14)16-9-10-21(23-12-16)28-13-20(25)24-19-6-4-3-5-17(19)22(26)27/h3-12H,13H2,1-2H3,(H,24,25)(H,26,27). The van der Waals surface area contributed by atoms with Crippen LogP contribution in [0, 0.1) is 13.8 Å². The molecule has 0 aliphatic heterocycles. The number of aryl methyl sites for hydroxylation is 2. The van der Waals surface area contributed by atoms with Gasteiger partial charge in [-0.2, -0.15) is 0 Å². The molecule has 0 aliphatic rings. The molecule has 6 heteroatoms. The van der Waals surface area contributed by atoms with Gasteiger partial charge in [-0.25, -0.2) is 9.78 Å². The predicted octanol–water partition coefficient (Wildman–Crippen LogP) is 4.08. The number of nitrogens with zero attached hydrogens (tertiary/aromatic N) is 1. The number of carbonyl (C=O) groups is 2. The second-order valence-corrected chi connectivity index (χ2v) is 6.39. The topological polar surface area (TPSA) is 88.5 Å². The van der Waals surface area contributed by atoms with E-state index < -0.39 is 11.9 Å². The molecule has 0 bridgehead atoms. The van der Waals surface area contributed by atoms with E-state index >= 15 is 0 Å². The minimum atomic E-state index is -1.11. The Morgan fingerprint density at radius 3 is 2.57 bits per heavy atom. The first-order valence-electron chi connectivity index (χ1n) is 8.72. The summed E-state index contributed by atoms with van der Waals surface area (Å²) in [5.74, 6) is -1.26. The third-order valence-electron chi connectivity index (χ3n) is 4.22. The first kappa shape index (κ1) is 19.1. The number of carboxylic acids is 1. The number of amides is 1. The molecule has 1 aromatic heterocycles. The molecule has 1 heterocycles. The maximum absolute atomic E-state index is 12.1. The lowest BCUT2D eigenvalue weighted by atomic mass is 10.00. The highest BCUT2D eigenvalue weighted by Crippen LogP contribution is 2.25. The number of carboxylic acid groups (broad SMARTS) is 1. The molecule has 0 saturated heterocycles. The molecule has 0 atom stereocenters. The van der Waals surface area contributed by atoms with Crippen LogP contribution >= 0.6 is 0 Å². The molecule has 28 heavy (non-hydrogen) atoms. The Bertz CT molecular complexity index is 1010. The van der Waals surface area contributed by atoms with Crippen LogP contribution < -0.4 is 10.1 Å². The maximum Gasteiger partial charge on any atom is 0.337 e. The van der Waals surface area contributed by atoms with E-state index in [0.29, 0.717) is 5.88 Å². The Balaban J connectivity index is 1.63. The van der Waals surface area contributed by atoms with Crippen molar-refractivity contribution in [1.29, 1.82) is 0 Å². The molecule has 0 saturated carbocycles. The van der Waals surface area contributed by atoms with Gasteiger partial charge in [0.1, 0.15) is 0 Å². The third kappa shape index (κ3) is 4.54. The van der Waals surface area contributed by atoms with Crippen LogP contribution in [0.4, 0.5) is 5.69 Å². The number of pyridine rings is 1. The van der Waals surface area contributed by atoms with Gasteiger partial charge in [-0.3, -0.25) is 4.79 Å². The van der Waals surface area contributed by atoms with Gasteiger partial charge in [0.25, 0.3) is 5.91 Å². The smallest absolute Gasteiger partial charge is 0.337 e. The summed E-state index contributed by atoms with van der Waals surface area (Å²) in [7, 11) is 0. The van der Waals surface area contributed by atoms with E-state index in [4.69, 9.17) is 9.84 Å². The molecule has 0 spiro atoms. The van der Waals surface area contributed by atoms with Crippen molar-refractivity contribution in [3.8, 4) is 17.0 Å².